The Kier molecular flexibility index (Phi) is 4.59. The molecule has 3 aromatic heterocycles. The number of benzene rings is 1. The number of carbonyl (C=O) groups excluding carboxylic acids is 2. The lowest BCUT2D eigenvalue weighted by atomic mass is 9.94. The van der Waals surface area contributed by atoms with E-state index in [0.29, 0.717) is 22.2 Å². The van der Waals surface area contributed by atoms with Gasteiger partial charge in [-0.05, 0) is 13.3 Å². The van der Waals surface area contributed by atoms with Crippen molar-refractivity contribution in [2.45, 2.75) is 25.4 Å². The lowest BCUT2D eigenvalue weighted by molar-refractivity contribution is -0.119. The molecule has 1 aliphatic carbocycles. The van der Waals surface area contributed by atoms with Gasteiger partial charge in [-0.1, -0.05) is 11.6 Å². The molecule has 3 heterocycles. The Morgan fingerprint density at radius 2 is 2.12 bits per heavy atom. The van der Waals surface area contributed by atoms with Crippen molar-refractivity contribution in [2.75, 3.05) is 5.32 Å². The van der Waals surface area contributed by atoms with E-state index >= 15 is 4.39 Å². The number of anilines is 1. The van der Waals surface area contributed by atoms with Crippen molar-refractivity contribution in [3.05, 3.63) is 41.2 Å². The molecule has 9 nitrogen and oxygen atoms in total. The zero-order chi connectivity index (χ0) is 22.7. The average molecular weight is 460 g/mol. The van der Waals surface area contributed by atoms with Crippen LogP contribution in [0.5, 0.6) is 0 Å². The molecule has 1 fully saturated rings. The summed E-state index contributed by atoms with van der Waals surface area (Å²) in [7, 11) is 0. The van der Waals surface area contributed by atoms with Crippen molar-refractivity contribution in [3.8, 4) is 11.3 Å². The van der Waals surface area contributed by atoms with Crippen molar-refractivity contribution in [2.24, 2.45) is 11.7 Å². The Morgan fingerprint density at radius 1 is 1.38 bits per heavy atom. The summed E-state index contributed by atoms with van der Waals surface area (Å²) in [5.41, 5.74) is 6.68. The van der Waals surface area contributed by atoms with Crippen molar-refractivity contribution in [3.63, 3.8) is 0 Å². The monoisotopic (exact) mass is 459 g/mol. The number of carbonyl (C=O) groups is 2. The van der Waals surface area contributed by atoms with Crippen LogP contribution < -0.4 is 11.1 Å². The summed E-state index contributed by atoms with van der Waals surface area (Å²) >= 11 is 6.37. The first-order valence-electron chi connectivity index (χ1n) is 9.69. The van der Waals surface area contributed by atoms with E-state index in [1.165, 1.54) is 25.5 Å². The zero-order valence-corrected chi connectivity index (χ0v) is 17.3. The molecule has 0 saturated heterocycles. The summed E-state index contributed by atoms with van der Waals surface area (Å²) in [4.78, 5) is 32.2. The maximum absolute atomic E-state index is 15.2. The molecule has 1 aromatic carbocycles. The fourth-order valence-corrected chi connectivity index (χ4v) is 3.98. The number of primary amides is 1. The van der Waals surface area contributed by atoms with Gasteiger partial charge in [-0.15, -0.1) is 0 Å². The summed E-state index contributed by atoms with van der Waals surface area (Å²) < 4.78 is 29.9. The molecule has 1 unspecified atom stereocenters. The Labute approximate surface area is 184 Å². The Bertz CT molecular complexity index is 1420. The van der Waals surface area contributed by atoms with Gasteiger partial charge in [0.05, 0.1) is 46.7 Å². The third-order valence-electron chi connectivity index (χ3n) is 5.58. The van der Waals surface area contributed by atoms with Gasteiger partial charge in [-0.3, -0.25) is 19.7 Å². The lowest BCUT2D eigenvalue weighted by Crippen LogP contribution is -2.20. The lowest BCUT2D eigenvalue weighted by Gasteiger charge is -2.15. The number of aromatic amines is 1. The molecule has 32 heavy (non-hydrogen) atoms. The molecule has 4 N–H and O–H groups in total. The van der Waals surface area contributed by atoms with E-state index in [2.05, 4.69) is 25.5 Å². The smallest absolute Gasteiger partial charge is 0.231 e. The highest BCUT2D eigenvalue weighted by molar-refractivity contribution is 6.35. The van der Waals surface area contributed by atoms with Gasteiger partial charge in [0, 0.05) is 22.7 Å². The number of nitrogens with two attached hydrogens (primary N) is 1. The number of rotatable bonds is 5. The highest BCUT2D eigenvalue weighted by Crippen LogP contribution is 2.40. The summed E-state index contributed by atoms with van der Waals surface area (Å²) in [6.45, 7) is 1.48. The maximum Gasteiger partial charge on any atom is 0.231 e. The van der Waals surface area contributed by atoms with Crippen LogP contribution in [0.25, 0.3) is 27.8 Å². The van der Waals surface area contributed by atoms with Crippen LogP contribution in [0.3, 0.4) is 0 Å². The van der Waals surface area contributed by atoms with E-state index < -0.39 is 35.6 Å². The first-order valence-corrected chi connectivity index (χ1v) is 10.1. The first-order chi connectivity index (χ1) is 15.3. The van der Waals surface area contributed by atoms with Crippen molar-refractivity contribution >= 4 is 45.8 Å². The minimum absolute atomic E-state index is 0.0266. The standard InChI is InChI=1S/C20H16ClF2N7O2/c1-7(19(24)31)14-17(23)16(21)15(9-3-26-29-18(9)14)11-5-30-6-12(27-13(30)4-25-11)28-20(32)8-2-10(8)22/h3-8,10H,2H2,1H3,(H2,24,31)(H,26,29)(H,28,32)/t7?,8-,10+/m1/s1. The molecule has 0 spiro atoms. The molecule has 2 amide bonds. The van der Waals surface area contributed by atoms with Crippen LogP contribution in [0.4, 0.5) is 14.6 Å². The third-order valence-corrected chi connectivity index (χ3v) is 5.94. The Balaban J connectivity index is 1.59. The molecule has 0 aliphatic heterocycles. The van der Waals surface area contributed by atoms with Crippen LogP contribution in [-0.4, -0.2) is 42.6 Å². The average Bonchev–Trinajstić information content (AvgIpc) is 3.11. The van der Waals surface area contributed by atoms with Crippen LogP contribution in [0.15, 0.2) is 24.8 Å². The molecule has 164 valence electrons. The maximum atomic E-state index is 15.2. The summed E-state index contributed by atoms with van der Waals surface area (Å²) in [6.07, 6.45) is 5.09. The van der Waals surface area contributed by atoms with Gasteiger partial charge in [-0.2, -0.15) is 5.10 Å². The predicted octanol–water partition coefficient (Wildman–Crippen LogP) is 2.95. The Hall–Kier alpha value is -3.60. The van der Waals surface area contributed by atoms with E-state index in [-0.39, 0.29) is 28.4 Å². The summed E-state index contributed by atoms with van der Waals surface area (Å²) in [5.74, 6) is -3.28. The van der Waals surface area contributed by atoms with Gasteiger partial charge in [0.1, 0.15) is 12.0 Å². The number of H-pyrrole nitrogens is 1. The minimum atomic E-state index is -1.12. The second kappa shape index (κ2) is 7.23. The molecule has 1 aliphatic rings. The van der Waals surface area contributed by atoms with Crippen molar-refractivity contribution < 1.29 is 18.4 Å². The summed E-state index contributed by atoms with van der Waals surface area (Å²) in [5, 5.41) is 9.48. The normalized spacial score (nSPS) is 18.8. The molecule has 12 heteroatoms. The minimum Gasteiger partial charge on any atom is -0.369 e. The molecule has 4 aromatic rings. The fourth-order valence-electron chi connectivity index (χ4n) is 3.68. The number of fused-ring (bicyclic) bond motifs is 2. The molecule has 0 bridgehead atoms. The van der Waals surface area contributed by atoms with Gasteiger partial charge < -0.3 is 15.5 Å². The molecule has 5 rings (SSSR count). The highest BCUT2D eigenvalue weighted by atomic mass is 35.5. The molecular weight excluding hydrogens is 444 g/mol. The van der Waals surface area contributed by atoms with Crippen LogP contribution in [-0.2, 0) is 9.59 Å². The number of halogens is 3. The molecule has 3 atom stereocenters. The third kappa shape index (κ3) is 3.16. The van der Waals surface area contributed by atoms with E-state index in [1.807, 2.05) is 0 Å². The van der Waals surface area contributed by atoms with Gasteiger partial charge in [0.25, 0.3) is 0 Å². The number of aromatic nitrogens is 5. The number of hydrogen-bond acceptors (Lipinski definition) is 5. The number of amides is 2. The number of nitrogens with one attached hydrogen (secondary N) is 2. The highest BCUT2D eigenvalue weighted by Gasteiger charge is 2.43. The van der Waals surface area contributed by atoms with Crippen molar-refractivity contribution in [1.82, 2.24) is 24.6 Å². The molecule has 0 radical (unpaired) electrons. The van der Waals surface area contributed by atoms with Gasteiger partial charge >= 0.3 is 0 Å². The Morgan fingerprint density at radius 3 is 2.81 bits per heavy atom. The van der Waals surface area contributed by atoms with E-state index in [4.69, 9.17) is 17.3 Å². The summed E-state index contributed by atoms with van der Waals surface area (Å²) in [6, 6.07) is 0. The topological polar surface area (TPSA) is 131 Å². The zero-order valence-electron chi connectivity index (χ0n) is 16.6. The van der Waals surface area contributed by atoms with E-state index in [9.17, 15) is 14.0 Å². The fraction of sp³-hybridized carbons (Fsp3) is 0.250. The number of nitrogens with zero attached hydrogens (tertiary/aromatic N) is 4. The molecular formula is C20H16ClF2N7O2. The predicted molar refractivity (Wildman–Crippen MR) is 112 cm³/mol. The van der Waals surface area contributed by atoms with Gasteiger partial charge in [-0.25, -0.2) is 13.8 Å². The second-order valence-electron chi connectivity index (χ2n) is 7.71. The first kappa shape index (κ1) is 20.3. The van der Waals surface area contributed by atoms with Crippen LogP contribution >= 0.6 is 11.6 Å². The number of imidazole rings is 1. The van der Waals surface area contributed by atoms with E-state index in [0.717, 1.165) is 0 Å². The SMILES string of the molecule is CC(C(N)=O)c1c(F)c(Cl)c(-c2cn3cc(NC(=O)[C@@H]4C[C@@H]4F)nc3cn2)c2cn[nH]c12. The van der Waals surface area contributed by atoms with Crippen LogP contribution in [0.2, 0.25) is 5.02 Å². The van der Waals surface area contributed by atoms with Crippen molar-refractivity contribution in [1.29, 1.82) is 0 Å². The van der Waals surface area contributed by atoms with Gasteiger partial charge in [0.15, 0.2) is 11.5 Å². The van der Waals surface area contributed by atoms with Gasteiger partial charge in [0.2, 0.25) is 11.8 Å². The number of alkyl halides is 1. The van der Waals surface area contributed by atoms with Crippen LogP contribution in [0.1, 0.15) is 24.8 Å². The van der Waals surface area contributed by atoms with E-state index in [1.54, 1.807) is 10.6 Å². The quantitative estimate of drug-likeness (QED) is 0.422. The number of hydrogen-bond donors (Lipinski definition) is 3. The van der Waals surface area contributed by atoms with Crippen LogP contribution in [0, 0.1) is 11.7 Å². The molecule has 1 saturated carbocycles. The second-order valence-corrected chi connectivity index (χ2v) is 8.09. The largest absolute Gasteiger partial charge is 0.369 e.